The second-order valence-corrected chi connectivity index (χ2v) is 3.52. The van der Waals surface area contributed by atoms with Gasteiger partial charge in [0.05, 0.1) is 12.1 Å². The molecule has 0 unspecified atom stereocenters. The Morgan fingerprint density at radius 1 is 1.16 bits per heavy atom. The number of rotatable bonds is 3. The molecule has 19 heavy (non-hydrogen) atoms. The highest BCUT2D eigenvalue weighted by atomic mass is 19.2. The molecule has 1 aromatic heterocycles. The van der Waals surface area contributed by atoms with E-state index in [2.05, 4.69) is 4.98 Å². The number of benzene rings is 1. The largest absolute Gasteiger partial charge is 0.577 e. The molecule has 3 nitrogen and oxygen atoms in total. The zero-order chi connectivity index (χ0) is 14.1. The van der Waals surface area contributed by atoms with Crippen molar-refractivity contribution in [3.05, 3.63) is 59.9 Å². The Kier molecular flexibility index (Phi) is 6.22. The third-order valence-electron chi connectivity index (χ3n) is 2.29. The van der Waals surface area contributed by atoms with Crippen LogP contribution in [0, 0.1) is 0 Å². The molecule has 97 valence electrons. The van der Waals surface area contributed by atoms with Crippen molar-refractivity contribution in [2.24, 2.45) is 0 Å². The highest BCUT2D eigenvalue weighted by Gasteiger charge is 2.10. The maximum absolute atomic E-state index is 11.8. The van der Waals surface area contributed by atoms with Gasteiger partial charge in [0.2, 0.25) is 0 Å². The van der Waals surface area contributed by atoms with Gasteiger partial charge in [0.1, 0.15) is 5.75 Å². The van der Waals surface area contributed by atoms with Gasteiger partial charge in [-0.25, -0.2) is 0 Å². The van der Waals surface area contributed by atoms with Gasteiger partial charge in [-0.2, -0.15) is 0 Å². The molecule has 0 fully saturated rings. The van der Waals surface area contributed by atoms with Crippen LogP contribution in [-0.4, -0.2) is 23.7 Å². The molecular weight excluding hydrogens is 251 g/mol. The number of nitrogens with zero attached hydrogens (tertiary/aromatic N) is 1. The number of halogens is 2. The molecule has 1 heterocycles. The molecule has 0 spiro atoms. The summed E-state index contributed by atoms with van der Waals surface area (Å²) in [4.78, 5) is 15.8. The van der Waals surface area contributed by atoms with Crippen molar-refractivity contribution in [1.29, 1.82) is 0 Å². The van der Waals surface area contributed by atoms with Crippen molar-refractivity contribution in [3.8, 4) is 5.75 Å². The summed E-state index contributed by atoms with van der Waals surface area (Å²) >= 11 is 0. The van der Waals surface area contributed by atoms with Crippen LogP contribution in [0.1, 0.15) is 16.1 Å². The predicted molar refractivity (Wildman–Crippen MR) is 68.3 cm³/mol. The minimum atomic E-state index is -1.00. The summed E-state index contributed by atoms with van der Waals surface area (Å²) in [5.74, 6) is 0.0152. The van der Waals surface area contributed by atoms with Crippen LogP contribution in [0.4, 0.5) is 8.63 Å². The third kappa shape index (κ3) is 4.87. The fourth-order valence-electron chi connectivity index (χ4n) is 1.44. The van der Waals surface area contributed by atoms with Gasteiger partial charge in [-0.3, -0.25) is 18.4 Å². The Morgan fingerprint density at radius 3 is 2.37 bits per heavy atom. The zero-order valence-corrected chi connectivity index (χ0v) is 9.96. The summed E-state index contributed by atoms with van der Waals surface area (Å²) in [6.45, 7) is 0. The second kappa shape index (κ2) is 7.97. The SMILES string of the molecule is F[B]F.O=C(Cc1ncccc1O)c1ccccc1. The number of carbonyl (C=O) groups is 1. The van der Waals surface area contributed by atoms with E-state index in [0.717, 1.165) is 0 Å². The van der Waals surface area contributed by atoms with Crippen molar-refractivity contribution in [2.45, 2.75) is 6.42 Å². The van der Waals surface area contributed by atoms with E-state index in [0.29, 0.717) is 11.3 Å². The number of pyridine rings is 1. The summed E-state index contributed by atoms with van der Waals surface area (Å²) in [5.41, 5.74) is 1.05. The predicted octanol–water partition coefficient (Wildman–Crippen LogP) is 2.67. The van der Waals surface area contributed by atoms with E-state index < -0.39 is 7.83 Å². The molecule has 1 aromatic carbocycles. The van der Waals surface area contributed by atoms with E-state index in [1.807, 2.05) is 18.2 Å². The molecule has 6 heteroatoms. The first-order chi connectivity index (χ1) is 9.19. The van der Waals surface area contributed by atoms with Crippen LogP contribution in [0.5, 0.6) is 5.75 Å². The Labute approximate surface area is 110 Å². The Hall–Kier alpha value is -2.24. The molecule has 2 aromatic rings. The van der Waals surface area contributed by atoms with Crippen molar-refractivity contribution in [1.82, 2.24) is 4.98 Å². The molecule has 0 atom stereocenters. The second-order valence-electron chi connectivity index (χ2n) is 3.52. The van der Waals surface area contributed by atoms with Gasteiger partial charge in [-0.15, -0.1) is 0 Å². The molecule has 0 saturated carbocycles. The molecule has 1 N–H and O–H groups in total. The summed E-state index contributed by atoms with van der Waals surface area (Å²) in [6.07, 6.45) is 1.68. The number of aromatic nitrogens is 1. The number of hydrogen-bond donors (Lipinski definition) is 1. The van der Waals surface area contributed by atoms with E-state index in [1.165, 1.54) is 6.07 Å². The molecular formula is C13H11BF2NO2. The van der Waals surface area contributed by atoms with Crippen molar-refractivity contribution in [2.75, 3.05) is 0 Å². The molecule has 1 radical (unpaired) electrons. The first kappa shape index (κ1) is 14.8. The molecule has 0 saturated heterocycles. The normalized spacial score (nSPS) is 9.16. The molecule has 0 aliphatic rings. The maximum atomic E-state index is 11.8. The van der Waals surface area contributed by atoms with Crippen LogP contribution in [0.2, 0.25) is 0 Å². The maximum Gasteiger partial charge on any atom is 0.577 e. The minimum Gasteiger partial charge on any atom is -0.506 e. The molecule has 0 bridgehead atoms. The summed E-state index contributed by atoms with van der Waals surface area (Å²) < 4.78 is 19.0. The van der Waals surface area contributed by atoms with Crippen molar-refractivity contribution >= 4 is 13.6 Å². The summed E-state index contributed by atoms with van der Waals surface area (Å²) in [7, 11) is -1.00. The number of hydrogen-bond acceptors (Lipinski definition) is 3. The van der Waals surface area contributed by atoms with Crippen LogP contribution in [-0.2, 0) is 6.42 Å². The number of Topliss-reactive ketones (excluding diaryl/α,β-unsaturated/α-hetero) is 1. The quantitative estimate of drug-likeness (QED) is 0.683. The van der Waals surface area contributed by atoms with E-state index in [4.69, 9.17) is 0 Å². The molecule has 0 aliphatic carbocycles. The van der Waals surface area contributed by atoms with E-state index in [9.17, 15) is 18.5 Å². The zero-order valence-electron chi connectivity index (χ0n) is 9.96. The van der Waals surface area contributed by atoms with Gasteiger partial charge in [0, 0.05) is 11.8 Å². The fourth-order valence-corrected chi connectivity index (χ4v) is 1.44. The lowest BCUT2D eigenvalue weighted by Gasteiger charge is -2.02. The third-order valence-corrected chi connectivity index (χ3v) is 2.29. The lowest BCUT2D eigenvalue weighted by atomic mass is 10.1. The fraction of sp³-hybridized carbons (Fsp3) is 0.0769. The first-order valence-corrected chi connectivity index (χ1v) is 5.42. The Bertz CT molecular complexity index is 523. The standard InChI is InChI=1S/C13H11NO2.BF2/c15-12-7-4-8-14-11(12)9-13(16)10-5-2-1-3-6-10;2-1-3/h1-8,15H,9H2;. The topological polar surface area (TPSA) is 50.2 Å². The number of aromatic hydroxyl groups is 1. The molecule has 0 amide bonds. The average molecular weight is 262 g/mol. The Morgan fingerprint density at radius 2 is 1.79 bits per heavy atom. The van der Waals surface area contributed by atoms with E-state index >= 15 is 0 Å². The lowest BCUT2D eigenvalue weighted by molar-refractivity contribution is 0.0991. The van der Waals surface area contributed by atoms with Gasteiger partial charge in [0.15, 0.2) is 5.78 Å². The lowest BCUT2D eigenvalue weighted by Crippen LogP contribution is -2.04. The highest BCUT2D eigenvalue weighted by Crippen LogP contribution is 2.15. The van der Waals surface area contributed by atoms with Gasteiger partial charge in [0.25, 0.3) is 0 Å². The van der Waals surface area contributed by atoms with Crippen LogP contribution in [0.3, 0.4) is 0 Å². The van der Waals surface area contributed by atoms with Gasteiger partial charge >= 0.3 is 7.83 Å². The number of ketones is 1. The monoisotopic (exact) mass is 262 g/mol. The smallest absolute Gasteiger partial charge is 0.506 e. The summed E-state index contributed by atoms with van der Waals surface area (Å²) in [6, 6.07) is 12.1. The summed E-state index contributed by atoms with van der Waals surface area (Å²) in [5, 5.41) is 9.49. The average Bonchev–Trinajstić information content (AvgIpc) is 2.43. The van der Waals surface area contributed by atoms with Crippen LogP contribution in [0.15, 0.2) is 48.7 Å². The minimum absolute atomic E-state index is 0.0467. The van der Waals surface area contributed by atoms with Crippen LogP contribution in [0.25, 0.3) is 0 Å². The van der Waals surface area contributed by atoms with Crippen molar-refractivity contribution < 1.29 is 18.5 Å². The van der Waals surface area contributed by atoms with Gasteiger partial charge in [-0.05, 0) is 12.1 Å². The Balaban J connectivity index is 0.000000550. The highest BCUT2D eigenvalue weighted by molar-refractivity contribution is 6.15. The van der Waals surface area contributed by atoms with Crippen LogP contribution >= 0.6 is 0 Å². The van der Waals surface area contributed by atoms with Crippen LogP contribution < -0.4 is 0 Å². The first-order valence-electron chi connectivity index (χ1n) is 5.42. The van der Waals surface area contributed by atoms with Crippen molar-refractivity contribution in [3.63, 3.8) is 0 Å². The van der Waals surface area contributed by atoms with E-state index in [-0.39, 0.29) is 18.0 Å². The molecule has 0 aliphatic heterocycles. The van der Waals surface area contributed by atoms with E-state index in [1.54, 1.807) is 24.4 Å². The van der Waals surface area contributed by atoms with Gasteiger partial charge < -0.3 is 5.11 Å². The molecule has 2 rings (SSSR count). The van der Waals surface area contributed by atoms with Gasteiger partial charge in [-0.1, -0.05) is 30.3 Å². The number of carbonyl (C=O) groups excluding carboxylic acids is 1.